The molecule has 0 atom stereocenters. The van der Waals surface area contributed by atoms with Gasteiger partial charge in [0.2, 0.25) is 5.91 Å². The summed E-state index contributed by atoms with van der Waals surface area (Å²) in [6.45, 7) is 0.808. The summed E-state index contributed by atoms with van der Waals surface area (Å²) in [6.07, 6.45) is 0.162. The average molecular weight is 266 g/mol. The van der Waals surface area contributed by atoms with E-state index < -0.39 is 0 Å². The predicted octanol–water partition coefficient (Wildman–Crippen LogP) is 1.91. The zero-order valence-corrected chi connectivity index (χ0v) is 11.2. The quantitative estimate of drug-likeness (QED) is 0.887. The topological polar surface area (TPSA) is 62.1 Å². The second kappa shape index (κ2) is 5.00. The lowest BCUT2D eigenvalue weighted by atomic mass is 10.1. The van der Waals surface area contributed by atoms with E-state index in [1.807, 2.05) is 26.2 Å². The number of halogens is 1. The number of H-pyrrole nitrogens is 1. The summed E-state index contributed by atoms with van der Waals surface area (Å²) >= 11 is 6.13. The van der Waals surface area contributed by atoms with Crippen molar-refractivity contribution in [3.05, 3.63) is 34.5 Å². The number of fused-ring (bicyclic) bond motifs is 1. The molecule has 0 bridgehead atoms. The Morgan fingerprint density at radius 1 is 1.44 bits per heavy atom. The van der Waals surface area contributed by atoms with Gasteiger partial charge in [-0.25, -0.2) is 0 Å². The number of hydrogen-bond acceptors (Lipinski definition) is 2. The maximum atomic E-state index is 11.1. The van der Waals surface area contributed by atoms with Crippen molar-refractivity contribution in [2.24, 2.45) is 5.73 Å². The lowest BCUT2D eigenvalue weighted by molar-refractivity contribution is -0.117. The van der Waals surface area contributed by atoms with E-state index in [9.17, 15) is 4.79 Å². The fraction of sp³-hybridized carbons (Fsp3) is 0.308. The number of aromatic amines is 1. The van der Waals surface area contributed by atoms with Crippen LogP contribution in [0.15, 0.2) is 18.2 Å². The number of aromatic nitrogens is 1. The maximum absolute atomic E-state index is 11.1. The number of nitrogens with two attached hydrogens (primary N) is 1. The van der Waals surface area contributed by atoms with Crippen molar-refractivity contribution in [3.8, 4) is 0 Å². The van der Waals surface area contributed by atoms with Gasteiger partial charge in [0, 0.05) is 28.2 Å². The third kappa shape index (κ3) is 2.66. The minimum absolute atomic E-state index is 0.162. The Balaban J connectivity index is 2.50. The lowest BCUT2D eigenvalue weighted by Crippen LogP contribution is -2.14. The van der Waals surface area contributed by atoms with E-state index in [0.29, 0.717) is 5.02 Å². The summed E-state index contributed by atoms with van der Waals surface area (Å²) < 4.78 is 0. The normalized spacial score (nSPS) is 11.3. The van der Waals surface area contributed by atoms with Crippen LogP contribution in [-0.4, -0.2) is 29.9 Å². The molecule has 96 valence electrons. The zero-order valence-electron chi connectivity index (χ0n) is 10.5. The minimum Gasteiger partial charge on any atom is -0.369 e. The second-order valence-electron chi connectivity index (χ2n) is 4.66. The SMILES string of the molecule is CN(C)Cc1cc2c(CC(N)=O)c(Cl)ccc2[nH]1. The first-order chi connectivity index (χ1) is 8.47. The van der Waals surface area contributed by atoms with Crippen molar-refractivity contribution in [2.75, 3.05) is 14.1 Å². The van der Waals surface area contributed by atoms with Crippen LogP contribution in [0.2, 0.25) is 5.02 Å². The predicted molar refractivity (Wildman–Crippen MR) is 73.6 cm³/mol. The third-order valence-electron chi connectivity index (χ3n) is 2.75. The average Bonchev–Trinajstić information content (AvgIpc) is 2.64. The minimum atomic E-state index is -0.375. The molecule has 0 radical (unpaired) electrons. The number of nitrogens with one attached hydrogen (secondary N) is 1. The van der Waals surface area contributed by atoms with Crippen LogP contribution in [0.1, 0.15) is 11.3 Å². The van der Waals surface area contributed by atoms with Gasteiger partial charge >= 0.3 is 0 Å². The fourth-order valence-electron chi connectivity index (χ4n) is 2.07. The molecular formula is C13H16ClN3O. The summed E-state index contributed by atoms with van der Waals surface area (Å²) in [6, 6.07) is 5.74. The smallest absolute Gasteiger partial charge is 0.221 e. The lowest BCUT2D eigenvalue weighted by Gasteiger charge is -2.06. The van der Waals surface area contributed by atoms with E-state index in [0.717, 1.165) is 28.7 Å². The van der Waals surface area contributed by atoms with Gasteiger partial charge in [-0.15, -0.1) is 0 Å². The molecule has 3 N–H and O–H groups in total. The Hall–Kier alpha value is -1.52. The monoisotopic (exact) mass is 265 g/mol. The molecule has 0 saturated heterocycles. The Morgan fingerprint density at radius 2 is 2.17 bits per heavy atom. The van der Waals surface area contributed by atoms with E-state index in [1.54, 1.807) is 6.07 Å². The van der Waals surface area contributed by atoms with Gasteiger partial charge in [-0.05, 0) is 37.9 Å². The molecule has 0 aliphatic carbocycles. The standard InChI is InChI=1S/C13H16ClN3O/c1-17(2)7-8-5-10-9(6-13(15)18)11(14)3-4-12(10)16-8/h3-5,16H,6-7H2,1-2H3,(H2,15,18). The molecule has 1 aromatic carbocycles. The van der Waals surface area contributed by atoms with E-state index in [1.165, 1.54) is 0 Å². The zero-order chi connectivity index (χ0) is 13.3. The fourth-order valence-corrected chi connectivity index (χ4v) is 2.31. The molecule has 1 aromatic heterocycles. The van der Waals surface area contributed by atoms with Gasteiger partial charge in [-0.3, -0.25) is 4.79 Å². The Bertz CT molecular complexity index is 589. The van der Waals surface area contributed by atoms with Crippen molar-refractivity contribution >= 4 is 28.4 Å². The number of benzene rings is 1. The number of rotatable bonds is 4. The van der Waals surface area contributed by atoms with E-state index in [-0.39, 0.29) is 12.3 Å². The highest BCUT2D eigenvalue weighted by Crippen LogP contribution is 2.27. The van der Waals surface area contributed by atoms with Gasteiger partial charge in [0.25, 0.3) is 0 Å². The number of carbonyl (C=O) groups excluding carboxylic acids is 1. The highest BCUT2D eigenvalue weighted by molar-refractivity contribution is 6.32. The highest BCUT2D eigenvalue weighted by Gasteiger charge is 2.11. The maximum Gasteiger partial charge on any atom is 0.221 e. The second-order valence-corrected chi connectivity index (χ2v) is 5.07. The molecule has 0 spiro atoms. The molecular weight excluding hydrogens is 250 g/mol. The van der Waals surface area contributed by atoms with Gasteiger partial charge in [-0.2, -0.15) is 0 Å². The van der Waals surface area contributed by atoms with Crippen molar-refractivity contribution in [1.82, 2.24) is 9.88 Å². The van der Waals surface area contributed by atoms with E-state index in [2.05, 4.69) is 9.88 Å². The van der Waals surface area contributed by atoms with Gasteiger partial charge in [-0.1, -0.05) is 11.6 Å². The van der Waals surface area contributed by atoms with Crippen LogP contribution in [0.3, 0.4) is 0 Å². The van der Waals surface area contributed by atoms with Crippen LogP contribution in [0.4, 0.5) is 0 Å². The molecule has 4 nitrogen and oxygen atoms in total. The van der Waals surface area contributed by atoms with Crippen LogP contribution in [-0.2, 0) is 17.8 Å². The Morgan fingerprint density at radius 3 is 2.78 bits per heavy atom. The summed E-state index contributed by atoms with van der Waals surface area (Å²) in [7, 11) is 4.01. The van der Waals surface area contributed by atoms with Crippen molar-refractivity contribution in [2.45, 2.75) is 13.0 Å². The van der Waals surface area contributed by atoms with Gasteiger partial charge in [0.15, 0.2) is 0 Å². The number of hydrogen-bond donors (Lipinski definition) is 2. The van der Waals surface area contributed by atoms with Gasteiger partial charge in [0.05, 0.1) is 6.42 Å². The Labute approximate surface area is 111 Å². The number of primary amides is 1. The summed E-state index contributed by atoms with van der Waals surface area (Å²) in [4.78, 5) is 16.5. The highest BCUT2D eigenvalue weighted by atomic mass is 35.5. The first kappa shape index (κ1) is 12.9. The summed E-state index contributed by atoms with van der Waals surface area (Å²) in [5.74, 6) is -0.375. The molecule has 0 unspecified atom stereocenters. The van der Waals surface area contributed by atoms with Crippen LogP contribution < -0.4 is 5.73 Å². The molecule has 0 fully saturated rings. The summed E-state index contributed by atoms with van der Waals surface area (Å²) in [5, 5.41) is 1.55. The molecule has 0 aliphatic rings. The molecule has 2 aromatic rings. The van der Waals surface area contributed by atoms with Gasteiger partial charge in [0.1, 0.15) is 0 Å². The van der Waals surface area contributed by atoms with Crippen molar-refractivity contribution in [3.63, 3.8) is 0 Å². The van der Waals surface area contributed by atoms with Crippen molar-refractivity contribution < 1.29 is 4.79 Å². The molecule has 0 aliphatic heterocycles. The number of amides is 1. The van der Waals surface area contributed by atoms with Gasteiger partial charge < -0.3 is 15.6 Å². The molecule has 1 amide bonds. The molecule has 5 heteroatoms. The van der Waals surface area contributed by atoms with Crippen LogP contribution >= 0.6 is 11.6 Å². The van der Waals surface area contributed by atoms with Crippen LogP contribution in [0.5, 0.6) is 0 Å². The van der Waals surface area contributed by atoms with E-state index in [4.69, 9.17) is 17.3 Å². The first-order valence-corrected chi connectivity index (χ1v) is 6.07. The molecule has 0 saturated carbocycles. The van der Waals surface area contributed by atoms with Crippen molar-refractivity contribution in [1.29, 1.82) is 0 Å². The Kier molecular flexibility index (Phi) is 3.59. The molecule has 18 heavy (non-hydrogen) atoms. The van der Waals surface area contributed by atoms with Crippen LogP contribution in [0, 0.1) is 0 Å². The van der Waals surface area contributed by atoms with E-state index >= 15 is 0 Å². The largest absolute Gasteiger partial charge is 0.369 e. The first-order valence-electron chi connectivity index (χ1n) is 5.69. The summed E-state index contributed by atoms with van der Waals surface area (Å²) in [5.41, 5.74) is 8.12. The number of carbonyl (C=O) groups is 1. The third-order valence-corrected chi connectivity index (χ3v) is 3.11. The number of nitrogens with zero attached hydrogens (tertiary/aromatic N) is 1. The molecule has 2 rings (SSSR count). The van der Waals surface area contributed by atoms with Crippen LogP contribution in [0.25, 0.3) is 10.9 Å². The molecule has 1 heterocycles.